The van der Waals surface area contributed by atoms with Crippen molar-refractivity contribution in [1.82, 2.24) is 20.2 Å². The van der Waals surface area contributed by atoms with Gasteiger partial charge in [0.15, 0.2) is 0 Å². The maximum Gasteiger partial charge on any atom is 0.240 e. The molecule has 0 amide bonds. The van der Waals surface area contributed by atoms with Gasteiger partial charge >= 0.3 is 0 Å². The van der Waals surface area contributed by atoms with E-state index >= 15 is 0 Å². The van der Waals surface area contributed by atoms with E-state index in [1.807, 2.05) is 0 Å². The highest BCUT2D eigenvalue weighted by molar-refractivity contribution is 7.92. The molecule has 4 N–H and O–H groups in total. The summed E-state index contributed by atoms with van der Waals surface area (Å²) in [5, 5.41) is 22.1. The first-order valence-corrected chi connectivity index (χ1v) is 10.8. The highest BCUT2D eigenvalue weighted by Crippen LogP contribution is 2.29. The van der Waals surface area contributed by atoms with Gasteiger partial charge in [-0.15, -0.1) is 10.2 Å². The molecule has 0 aliphatic carbocycles. The van der Waals surface area contributed by atoms with Gasteiger partial charge in [0, 0.05) is 5.56 Å². The molecule has 3 rings (SSSR count). The quantitative estimate of drug-likeness (QED) is 0.542. The van der Waals surface area contributed by atoms with Crippen molar-refractivity contribution in [3.63, 3.8) is 0 Å². The van der Waals surface area contributed by atoms with Crippen LogP contribution >= 0.6 is 0 Å². The molecule has 3 aromatic rings. The van der Waals surface area contributed by atoms with E-state index in [1.165, 1.54) is 16.9 Å². The van der Waals surface area contributed by atoms with E-state index in [1.54, 1.807) is 31.4 Å². The first-order chi connectivity index (χ1) is 13.1. The molecule has 0 aliphatic rings. The number of benzene rings is 2. The highest BCUT2D eigenvalue weighted by Gasteiger charge is 2.27. The minimum atomic E-state index is -4.44. The summed E-state index contributed by atoms with van der Waals surface area (Å²) in [7, 11) is -7.24. The molecule has 13 heteroatoms. The summed E-state index contributed by atoms with van der Waals surface area (Å²) in [6, 6.07) is 10.8. The topological polar surface area (TPSA) is 173 Å². The van der Waals surface area contributed by atoms with Crippen molar-refractivity contribution < 1.29 is 21.6 Å². The smallest absolute Gasteiger partial charge is 0.240 e. The van der Waals surface area contributed by atoms with Crippen LogP contribution in [-0.2, 0) is 26.6 Å². The molecule has 0 radical (unpaired) electrons. The fraction of sp³-hybridized carbons (Fsp3) is 0.133. The summed E-state index contributed by atoms with van der Waals surface area (Å²) >= 11 is 0. The lowest BCUT2D eigenvalue weighted by molar-refractivity contribution is 0.414. The Morgan fingerprint density at radius 1 is 1.00 bits per heavy atom. The standard InChI is InChI=1S/C15H16N6O5S2/c1-26-11-7-5-10(6-8-11)9-21-19-15(18-20-21)12-3-2-4-13(27(16,22)23)14(12)28(17,24)25/h2-8H,9H2,1H3,(H2,16,22,23)(H2,17,24,25). The predicted octanol–water partition coefficient (Wildman–Crippen LogP) is -0.308. The molecule has 0 saturated heterocycles. The Bertz CT molecular complexity index is 1220. The second-order valence-electron chi connectivity index (χ2n) is 5.71. The molecule has 0 fully saturated rings. The SMILES string of the molecule is COc1ccc(Cn2nnc(-c3cccc(S(N)(=O)=O)c3S(N)(=O)=O)n2)cc1. The Morgan fingerprint density at radius 3 is 2.25 bits per heavy atom. The van der Waals surface area contributed by atoms with Crippen molar-refractivity contribution in [2.24, 2.45) is 10.3 Å². The molecule has 11 nitrogen and oxygen atoms in total. The molecule has 0 saturated carbocycles. The highest BCUT2D eigenvalue weighted by atomic mass is 32.2. The number of sulfonamides is 2. The lowest BCUT2D eigenvalue weighted by Gasteiger charge is -2.09. The van der Waals surface area contributed by atoms with E-state index in [0.717, 1.165) is 11.6 Å². The average Bonchev–Trinajstić information content (AvgIpc) is 3.08. The fourth-order valence-electron chi connectivity index (χ4n) is 2.52. The second-order valence-corrected chi connectivity index (χ2v) is 8.74. The van der Waals surface area contributed by atoms with Crippen molar-refractivity contribution >= 4 is 20.0 Å². The van der Waals surface area contributed by atoms with Gasteiger partial charge in [-0.2, -0.15) is 4.80 Å². The molecule has 0 unspecified atom stereocenters. The number of ether oxygens (including phenoxy) is 1. The number of methoxy groups -OCH3 is 1. The average molecular weight is 424 g/mol. The Balaban J connectivity index is 2.03. The van der Waals surface area contributed by atoms with E-state index in [9.17, 15) is 16.8 Å². The lowest BCUT2D eigenvalue weighted by atomic mass is 10.2. The molecular formula is C15H16N6O5S2. The Morgan fingerprint density at radius 2 is 1.68 bits per heavy atom. The zero-order valence-corrected chi connectivity index (χ0v) is 16.2. The van der Waals surface area contributed by atoms with Crippen LogP contribution in [0.4, 0.5) is 0 Å². The molecule has 2 aromatic carbocycles. The molecular weight excluding hydrogens is 408 g/mol. The summed E-state index contributed by atoms with van der Waals surface area (Å²) in [6.07, 6.45) is 0. The van der Waals surface area contributed by atoms with Crippen LogP contribution in [0.15, 0.2) is 52.3 Å². The normalized spacial score (nSPS) is 12.1. The van der Waals surface area contributed by atoms with Crippen LogP contribution in [0.2, 0.25) is 0 Å². The van der Waals surface area contributed by atoms with Crippen molar-refractivity contribution in [3.05, 3.63) is 48.0 Å². The van der Waals surface area contributed by atoms with Crippen molar-refractivity contribution in [1.29, 1.82) is 0 Å². The van der Waals surface area contributed by atoms with Crippen LogP contribution in [0.3, 0.4) is 0 Å². The van der Waals surface area contributed by atoms with Crippen molar-refractivity contribution in [2.45, 2.75) is 16.3 Å². The largest absolute Gasteiger partial charge is 0.497 e. The maximum absolute atomic E-state index is 12.0. The van der Waals surface area contributed by atoms with E-state index in [4.69, 9.17) is 15.0 Å². The summed E-state index contributed by atoms with van der Waals surface area (Å²) < 4.78 is 52.7. The second kappa shape index (κ2) is 7.27. The first kappa shape index (κ1) is 19.9. The van der Waals surface area contributed by atoms with Gasteiger partial charge in [-0.3, -0.25) is 0 Å². The van der Waals surface area contributed by atoms with Crippen LogP contribution in [0, 0.1) is 0 Å². The summed E-state index contributed by atoms with van der Waals surface area (Å²) in [6.45, 7) is 0.247. The van der Waals surface area contributed by atoms with Crippen LogP contribution in [0.1, 0.15) is 5.56 Å². The van der Waals surface area contributed by atoms with Gasteiger partial charge in [-0.05, 0) is 35.0 Å². The number of hydrogen-bond donors (Lipinski definition) is 2. The van der Waals surface area contributed by atoms with Gasteiger partial charge < -0.3 is 4.74 Å². The third-order valence-corrected chi connectivity index (χ3v) is 5.84. The van der Waals surface area contributed by atoms with E-state index in [2.05, 4.69) is 15.4 Å². The van der Waals surface area contributed by atoms with E-state index in [0.29, 0.717) is 5.75 Å². The molecule has 0 spiro atoms. The minimum absolute atomic E-state index is 0.108. The Kier molecular flexibility index (Phi) is 5.16. The monoisotopic (exact) mass is 424 g/mol. The Hall–Kier alpha value is -2.87. The molecule has 1 heterocycles. The number of nitrogens with two attached hydrogens (primary N) is 2. The third kappa shape index (κ3) is 4.17. The summed E-state index contributed by atoms with van der Waals surface area (Å²) in [5.41, 5.74) is 0.727. The number of tetrazole rings is 1. The van der Waals surface area contributed by atoms with Gasteiger partial charge in [-0.25, -0.2) is 27.1 Å². The van der Waals surface area contributed by atoms with Gasteiger partial charge in [-0.1, -0.05) is 18.2 Å². The zero-order valence-electron chi connectivity index (χ0n) is 14.5. The van der Waals surface area contributed by atoms with Gasteiger partial charge in [0.05, 0.1) is 13.7 Å². The van der Waals surface area contributed by atoms with Crippen LogP contribution in [0.25, 0.3) is 11.4 Å². The molecule has 28 heavy (non-hydrogen) atoms. The summed E-state index contributed by atoms with van der Waals surface area (Å²) in [5.74, 6) is 0.580. The minimum Gasteiger partial charge on any atom is -0.497 e. The molecule has 1 aromatic heterocycles. The van der Waals surface area contributed by atoms with Crippen LogP contribution in [0.5, 0.6) is 5.75 Å². The molecule has 0 aliphatic heterocycles. The lowest BCUT2D eigenvalue weighted by Crippen LogP contribution is -2.21. The van der Waals surface area contributed by atoms with Crippen molar-refractivity contribution in [3.8, 4) is 17.1 Å². The fourth-order valence-corrected chi connectivity index (χ4v) is 4.67. The number of hydrogen-bond acceptors (Lipinski definition) is 8. The number of rotatable bonds is 6. The van der Waals surface area contributed by atoms with Crippen LogP contribution < -0.4 is 15.0 Å². The van der Waals surface area contributed by atoms with Crippen molar-refractivity contribution in [2.75, 3.05) is 7.11 Å². The van der Waals surface area contributed by atoms with Gasteiger partial charge in [0.2, 0.25) is 25.9 Å². The predicted molar refractivity (Wildman–Crippen MR) is 98.1 cm³/mol. The Labute approximate surface area is 161 Å². The number of primary sulfonamides is 2. The number of aromatic nitrogens is 4. The van der Waals surface area contributed by atoms with Gasteiger partial charge in [0.25, 0.3) is 0 Å². The number of nitrogens with zero attached hydrogens (tertiary/aromatic N) is 4. The first-order valence-electron chi connectivity index (χ1n) is 7.69. The molecule has 0 atom stereocenters. The third-order valence-electron chi connectivity index (χ3n) is 3.75. The van der Waals surface area contributed by atoms with Crippen LogP contribution in [-0.4, -0.2) is 44.2 Å². The molecule has 0 bridgehead atoms. The van der Waals surface area contributed by atoms with E-state index < -0.39 is 29.8 Å². The van der Waals surface area contributed by atoms with E-state index in [-0.39, 0.29) is 17.9 Å². The summed E-state index contributed by atoms with van der Waals surface area (Å²) in [4.78, 5) is -0.0891. The van der Waals surface area contributed by atoms with Gasteiger partial charge in [0.1, 0.15) is 15.5 Å². The maximum atomic E-state index is 12.0. The molecule has 148 valence electrons. The zero-order chi connectivity index (χ0) is 20.5.